The third kappa shape index (κ3) is 3.64. The molecule has 4 N–H and O–H groups in total. The van der Waals surface area contributed by atoms with Crippen molar-refractivity contribution in [2.24, 2.45) is 5.73 Å². The Morgan fingerprint density at radius 1 is 1.26 bits per heavy atom. The number of rotatable bonds is 5. The number of nitrogens with zero attached hydrogens (tertiary/aromatic N) is 1. The van der Waals surface area contributed by atoms with Crippen molar-refractivity contribution >= 4 is 23.2 Å². The molecule has 2 amide bonds. The molecular weight excluding hydrogens is 292 g/mol. The van der Waals surface area contributed by atoms with Crippen molar-refractivity contribution < 1.29 is 9.59 Å². The van der Waals surface area contributed by atoms with Gasteiger partial charge in [0.05, 0.1) is 5.54 Å². The van der Waals surface area contributed by atoms with Gasteiger partial charge < -0.3 is 21.3 Å². The van der Waals surface area contributed by atoms with Crippen LogP contribution < -0.4 is 21.3 Å². The standard InChI is InChI=1S/C17H24N4O2/c1-12(19-16(23)17(18)7-8-17)15(22)20-13-5-4-6-14(11-13)21-9-2-3-10-21/h4-6,11-12H,2-3,7-10,18H2,1H3,(H,19,23)(H,20,22). The summed E-state index contributed by atoms with van der Waals surface area (Å²) < 4.78 is 0. The largest absolute Gasteiger partial charge is 0.371 e. The topological polar surface area (TPSA) is 87.5 Å². The van der Waals surface area contributed by atoms with Gasteiger partial charge in [0, 0.05) is 24.5 Å². The number of hydrogen-bond acceptors (Lipinski definition) is 4. The minimum absolute atomic E-state index is 0.235. The maximum Gasteiger partial charge on any atom is 0.246 e. The average Bonchev–Trinajstić information content (AvgIpc) is 3.07. The van der Waals surface area contributed by atoms with Crippen molar-refractivity contribution in [2.45, 2.75) is 44.2 Å². The Balaban J connectivity index is 1.58. The van der Waals surface area contributed by atoms with Gasteiger partial charge in [-0.1, -0.05) is 6.07 Å². The lowest BCUT2D eigenvalue weighted by atomic mass is 10.2. The summed E-state index contributed by atoms with van der Waals surface area (Å²) in [6.07, 6.45) is 3.79. The summed E-state index contributed by atoms with van der Waals surface area (Å²) in [6, 6.07) is 7.21. The Labute approximate surface area is 136 Å². The molecular formula is C17H24N4O2. The highest BCUT2D eigenvalue weighted by atomic mass is 16.2. The summed E-state index contributed by atoms with van der Waals surface area (Å²) in [6.45, 7) is 3.79. The Hall–Kier alpha value is -2.08. The van der Waals surface area contributed by atoms with E-state index in [1.54, 1.807) is 6.92 Å². The Bertz CT molecular complexity index is 606. The molecule has 3 rings (SSSR count). The number of carbonyl (C=O) groups is 2. The first-order chi connectivity index (χ1) is 11.0. The van der Waals surface area contributed by atoms with Gasteiger partial charge in [0.15, 0.2) is 0 Å². The normalized spacial score (nSPS) is 20.0. The second kappa shape index (κ2) is 6.20. The third-order valence-corrected chi connectivity index (χ3v) is 4.57. The predicted octanol–water partition coefficient (Wildman–Crippen LogP) is 1.22. The Kier molecular flexibility index (Phi) is 4.26. The molecule has 0 radical (unpaired) electrons. The zero-order valence-corrected chi connectivity index (χ0v) is 13.5. The van der Waals surface area contributed by atoms with Crippen LogP contribution in [-0.4, -0.2) is 36.5 Å². The van der Waals surface area contributed by atoms with Crippen molar-refractivity contribution in [3.05, 3.63) is 24.3 Å². The Morgan fingerprint density at radius 3 is 2.61 bits per heavy atom. The van der Waals surface area contributed by atoms with E-state index in [0.717, 1.165) is 24.5 Å². The molecule has 1 saturated heterocycles. The van der Waals surface area contributed by atoms with Gasteiger partial charge in [0.25, 0.3) is 0 Å². The van der Waals surface area contributed by atoms with E-state index in [1.165, 1.54) is 12.8 Å². The van der Waals surface area contributed by atoms with Gasteiger partial charge in [0.1, 0.15) is 6.04 Å². The van der Waals surface area contributed by atoms with E-state index >= 15 is 0 Å². The number of hydrogen-bond donors (Lipinski definition) is 3. The fourth-order valence-electron chi connectivity index (χ4n) is 2.77. The van der Waals surface area contributed by atoms with Crippen LogP contribution in [0.2, 0.25) is 0 Å². The zero-order chi connectivity index (χ0) is 16.4. The van der Waals surface area contributed by atoms with Crippen LogP contribution in [-0.2, 0) is 9.59 Å². The van der Waals surface area contributed by atoms with Gasteiger partial charge >= 0.3 is 0 Å². The maximum absolute atomic E-state index is 12.2. The molecule has 1 atom stereocenters. The number of nitrogens with two attached hydrogens (primary N) is 1. The number of nitrogens with one attached hydrogen (secondary N) is 2. The van der Waals surface area contributed by atoms with E-state index in [2.05, 4.69) is 21.6 Å². The molecule has 0 aromatic heterocycles. The van der Waals surface area contributed by atoms with Crippen LogP contribution in [0.1, 0.15) is 32.6 Å². The van der Waals surface area contributed by atoms with E-state index in [9.17, 15) is 9.59 Å². The molecule has 1 heterocycles. The fraction of sp³-hybridized carbons (Fsp3) is 0.529. The summed E-state index contributed by atoms with van der Waals surface area (Å²) in [5.41, 5.74) is 6.94. The fourth-order valence-corrected chi connectivity index (χ4v) is 2.77. The minimum atomic E-state index is -0.760. The first-order valence-electron chi connectivity index (χ1n) is 8.24. The molecule has 1 unspecified atom stereocenters. The average molecular weight is 316 g/mol. The Morgan fingerprint density at radius 2 is 1.96 bits per heavy atom. The smallest absolute Gasteiger partial charge is 0.246 e. The van der Waals surface area contributed by atoms with Gasteiger partial charge in [-0.2, -0.15) is 0 Å². The molecule has 1 aromatic rings. The van der Waals surface area contributed by atoms with Crippen LogP contribution in [0.4, 0.5) is 11.4 Å². The van der Waals surface area contributed by atoms with Crippen LogP contribution in [0.15, 0.2) is 24.3 Å². The van der Waals surface area contributed by atoms with Crippen molar-refractivity contribution in [1.82, 2.24) is 5.32 Å². The van der Waals surface area contributed by atoms with Gasteiger partial charge in [-0.05, 0) is 50.8 Å². The van der Waals surface area contributed by atoms with E-state index < -0.39 is 11.6 Å². The maximum atomic E-state index is 12.2. The molecule has 0 spiro atoms. The third-order valence-electron chi connectivity index (χ3n) is 4.57. The molecule has 1 saturated carbocycles. The van der Waals surface area contributed by atoms with E-state index in [-0.39, 0.29) is 11.8 Å². The highest BCUT2D eigenvalue weighted by Crippen LogP contribution is 2.32. The van der Waals surface area contributed by atoms with Gasteiger partial charge in [-0.3, -0.25) is 9.59 Å². The van der Waals surface area contributed by atoms with Crippen molar-refractivity contribution in [2.75, 3.05) is 23.3 Å². The van der Waals surface area contributed by atoms with Crippen LogP contribution in [0.3, 0.4) is 0 Å². The van der Waals surface area contributed by atoms with Crippen LogP contribution in [0.5, 0.6) is 0 Å². The number of amides is 2. The lowest BCUT2D eigenvalue weighted by molar-refractivity contribution is -0.127. The second-order valence-electron chi connectivity index (χ2n) is 6.59. The van der Waals surface area contributed by atoms with Gasteiger partial charge in [-0.15, -0.1) is 0 Å². The monoisotopic (exact) mass is 316 g/mol. The minimum Gasteiger partial charge on any atom is -0.371 e. The quantitative estimate of drug-likeness (QED) is 0.762. The SMILES string of the molecule is CC(NC(=O)C1(N)CC1)C(=O)Nc1cccc(N2CCCC2)c1. The highest BCUT2D eigenvalue weighted by Gasteiger charge is 2.46. The van der Waals surface area contributed by atoms with Gasteiger partial charge in [-0.25, -0.2) is 0 Å². The second-order valence-corrected chi connectivity index (χ2v) is 6.59. The molecule has 1 aliphatic heterocycles. The lowest BCUT2D eigenvalue weighted by Gasteiger charge is -2.20. The van der Waals surface area contributed by atoms with Crippen LogP contribution in [0.25, 0.3) is 0 Å². The molecule has 0 bridgehead atoms. The van der Waals surface area contributed by atoms with Crippen LogP contribution >= 0.6 is 0 Å². The summed E-state index contributed by atoms with van der Waals surface area (Å²) in [4.78, 5) is 26.5. The first-order valence-corrected chi connectivity index (χ1v) is 8.24. The predicted molar refractivity (Wildman–Crippen MR) is 90.3 cm³/mol. The molecule has 2 fully saturated rings. The summed E-state index contributed by atoms with van der Waals surface area (Å²) in [7, 11) is 0. The molecule has 2 aliphatic rings. The van der Waals surface area contributed by atoms with Crippen LogP contribution in [0, 0.1) is 0 Å². The number of carbonyl (C=O) groups excluding carboxylic acids is 2. The first kappa shape index (κ1) is 15.8. The van der Waals surface area contributed by atoms with E-state index in [1.807, 2.05) is 18.2 Å². The molecule has 23 heavy (non-hydrogen) atoms. The van der Waals surface area contributed by atoms with Crippen molar-refractivity contribution in [3.8, 4) is 0 Å². The highest BCUT2D eigenvalue weighted by molar-refractivity contribution is 5.99. The summed E-state index contributed by atoms with van der Waals surface area (Å²) >= 11 is 0. The van der Waals surface area contributed by atoms with Crippen molar-refractivity contribution in [3.63, 3.8) is 0 Å². The van der Waals surface area contributed by atoms with Gasteiger partial charge in [0.2, 0.25) is 11.8 Å². The number of anilines is 2. The molecule has 124 valence electrons. The lowest BCUT2D eigenvalue weighted by Crippen LogP contribution is -2.50. The molecule has 1 aliphatic carbocycles. The van der Waals surface area contributed by atoms with Crippen molar-refractivity contribution in [1.29, 1.82) is 0 Å². The van der Waals surface area contributed by atoms with E-state index in [0.29, 0.717) is 12.8 Å². The van der Waals surface area contributed by atoms with E-state index in [4.69, 9.17) is 5.73 Å². The molecule has 6 nitrogen and oxygen atoms in total. The summed E-state index contributed by atoms with van der Waals surface area (Å²) in [5, 5.41) is 5.55. The summed E-state index contributed by atoms with van der Waals surface area (Å²) in [5.74, 6) is -0.480. The molecule has 6 heteroatoms. The zero-order valence-electron chi connectivity index (χ0n) is 13.5. The number of benzene rings is 1. The molecule has 1 aromatic carbocycles.